The van der Waals surface area contributed by atoms with Gasteiger partial charge in [0.2, 0.25) is 0 Å². The molecule has 1 saturated heterocycles. The van der Waals surface area contributed by atoms with Gasteiger partial charge in [0, 0.05) is 30.1 Å². The summed E-state index contributed by atoms with van der Waals surface area (Å²) in [6, 6.07) is 12.5. The molecule has 206 valence electrons. The average molecular weight is 552 g/mol. The Bertz CT molecular complexity index is 1400. The number of ether oxygens (including phenoxy) is 2. The van der Waals surface area contributed by atoms with Gasteiger partial charge in [0.05, 0.1) is 42.0 Å². The molecular weight excluding hydrogens is 518 g/mol. The molecule has 0 radical (unpaired) electrons. The third-order valence-corrected chi connectivity index (χ3v) is 8.96. The predicted molar refractivity (Wildman–Crippen MR) is 149 cm³/mol. The number of hydrogen-bond donors (Lipinski definition) is 0. The van der Waals surface area contributed by atoms with Crippen molar-refractivity contribution in [3.05, 3.63) is 65.7 Å². The van der Waals surface area contributed by atoms with E-state index in [9.17, 15) is 18.0 Å². The molecule has 2 heterocycles. The Morgan fingerprint density at radius 2 is 1.56 bits per heavy atom. The number of carbonyl (C=O) groups excluding carboxylic acids is 2. The second kappa shape index (κ2) is 11.2. The van der Waals surface area contributed by atoms with Crippen molar-refractivity contribution in [2.24, 2.45) is 16.9 Å². The first-order valence-electron chi connectivity index (χ1n) is 13.4. The summed E-state index contributed by atoms with van der Waals surface area (Å²) >= 11 is 0. The number of amides is 2. The number of sulfone groups is 1. The molecule has 0 saturated carbocycles. The van der Waals surface area contributed by atoms with Crippen LogP contribution in [0.1, 0.15) is 42.6 Å². The van der Waals surface area contributed by atoms with Crippen LogP contribution in [-0.2, 0) is 14.6 Å². The monoisotopic (exact) mass is 551 g/mol. The molecule has 2 amide bonds. The zero-order valence-electron chi connectivity index (χ0n) is 22.2. The third kappa shape index (κ3) is 5.56. The van der Waals surface area contributed by atoms with E-state index >= 15 is 0 Å². The van der Waals surface area contributed by atoms with Gasteiger partial charge in [0.15, 0.2) is 21.3 Å². The molecule has 2 atom stereocenters. The Hall–Kier alpha value is -3.66. The molecule has 0 aromatic heterocycles. The molecule has 2 aliphatic heterocycles. The number of fused-ring (bicyclic) bond motifs is 1. The Kier molecular flexibility index (Phi) is 7.74. The Balaban J connectivity index is 1.45. The maximum absolute atomic E-state index is 13.6. The normalized spacial score (nSPS) is 22.2. The molecule has 0 N–H and O–H groups in total. The van der Waals surface area contributed by atoms with Gasteiger partial charge in [-0.1, -0.05) is 12.2 Å². The molecule has 0 bridgehead atoms. The summed E-state index contributed by atoms with van der Waals surface area (Å²) in [5.74, 6) is 0.654. The van der Waals surface area contributed by atoms with E-state index in [1.54, 1.807) is 29.2 Å². The highest BCUT2D eigenvalue weighted by Gasteiger charge is 2.41. The molecule has 2 unspecified atom stereocenters. The number of allylic oxidation sites excluding steroid dienone is 2. The van der Waals surface area contributed by atoms with Crippen LogP contribution in [0.5, 0.6) is 11.5 Å². The predicted octanol–water partition coefficient (Wildman–Crippen LogP) is 3.69. The third-order valence-electron chi connectivity index (χ3n) is 7.35. The van der Waals surface area contributed by atoms with Gasteiger partial charge < -0.3 is 14.4 Å². The highest BCUT2D eigenvalue weighted by molar-refractivity contribution is 7.91. The van der Waals surface area contributed by atoms with Crippen molar-refractivity contribution in [1.29, 1.82) is 0 Å². The van der Waals surface area contributed by atoms with Crippen LogP contribution in [0.2, 0.25) is 0 Å². The molecule has 3 aliphatic rings. The lowest BCUT2D eigenvalue weighted by Gasteiger charge is -2.37. The van der Waals surface area contributed by atoms with Crippen molar-refractivity contribution >= 4 is 33.1 Å². The van der Waals surface area contributed by atoms with Crippen molar-refractivity contribution < 1.29 is 27.5 Å². The van der Waals surface area contributed by atoms with Gasteiger partial charge in [0.25, 0.3) is 11.8 Å². The van der Waals surface area contributed by atoms with E-state index in [1.807, 2.05) is 38.1 Å². The highest BCUT2D eigenvalue weighted by atomic mass is 32.2. The smallest absolute Gasteiger partial charge is 0.253 e. The van der Waals surface area contributed by atoms with Gasteiger partial charge in [-0.2, -0.15) is 5.10 Å². The molecule has 2 aromatic rings. The first-order chi connectivity index (χ1) is 18.8. The van der Waals surface area contributed by atoms with Crippen LogP contribution in [0.4, 0.5) is 5.69 Å². The fourth-order valence-corrected chi connectivity index (χ4v) is 6.49. The van der Waals surface area contributed by atoms with Crippen LogP contribution in [0.3, 0.4) is 0 Å². The molecule has 10 heteroatoms. The highest BCUT2D eigenvalue weighted by Crippen LogP contribution is 2.38. The van der Waals surface area contributed by atoms with Crippen LogP contribution >= 0.6 is 0 Å². The lowest BCUT2D eigenvalue weighted by molar-refractivity contribution is -0.123. The van der Waals surface area contributed by atoms with Crippen molar-refractivity contribution in [3.63, 3.8) is 0 Å². The van der Waals surface area contributed by atoms with Crippen molar-refractivity contribution in [3.8, 4) is 11.5 Å². The molecule has 0 spiro atoms. The first-order valence-corrected chi connectivity index (χ1v) is 15.2. The van der Waals surface area contributed by atoms with E-state index in [-0.39, 0.29) is 48.2 Å². The standard InChI is InChI=1S/C29H33N3O6S/c1-3-37-25-14-11-21(19-26(25)38-4-2)27-23-7-5-6-8-24(23)29(34)32(30-27)22-12-9-20(10-13-22)28(33)31-15-17-39(35,36)18-16-31/h5-6,9-14,19,23-24H,3-4,7-8,15-18H2,1-2H3. The van der Waals surface area contributed by atoms with Gasteiger partial charge in [-0.3, -0.25) is 9.59 Å². The van der Waals surface area contributed by atoms with Crippen LogP contribution in [0, 0.1) is 11.8 Å². The molecule has 2 aromatic carbocycles. The van der Waals surface area contributed by atoms with Gasteiger partial charge in [-0.15, -0.1) is 0 Å². The van der Waals surface area contributed by atoms with Crippen molar-refractivity contribution in [2.75, 3.05) is 42.8 Å². The lowest BCUT2D eigenvalue weighted by Crippen LogP contribution is -2.45. The number of carbonyl (C=O) groups is 2. The second-order valence-corrected chi connectivity index (χ2v) is 12.1. The fraction of sp³-hybridized carbons (Fsp3) is 0.414. The summed E-state index contributed by atoms with van der Waals surface area (Å²) in [5, 5.41) is 6.29. The molecule has 5 rings (SSSR count). The number of anilines is 1. The van der Waals surface area contributed by atoms with Crippen molar-refractivity contribution in [1.82, 2.24) is 4.90 Å². The summed E-state index contributed by atoms with van der Waals surface area (Å²) in [6.07, 6.45) is 5.50. The molecule has 9 nitrogen and oxygen atoms in total. The first kappa shape index (κ1) is 26.9. The summed E-state index contributed by atoms with van der Waals surface area (Å²) in [4.78, 5) is 28.1. The summed E-state index contributed by atoms with van der Waals surface area (Å²) in [5.41, 5.74) is 2.69. The van der Waals surface area contributed by atoms with Crippen LogP contribution in [0.25, 0.3) is 0 Å². The summed E-state index contributed by atoms with van der Waals surface area (Å²) < 4.78 is 35.0. The van der Waals surface area contributed by atoms with Gasteiger partial charge in [-0.05, 0) is 69.2 Å². The zero-order chi connectivity index (χ0) is 27.6. The lowest BCUT2D eigenvalue weighted by atomic mass is 9.76. The largest absolute Gasteiger partial charge is 0.490 e. The molecule has 1 aliphatic carbocycles. The van der Waals surface area contributed by atoms with E-state index < -0.39 is 9.84 Å². The van der Waals surface area contributed by atoms with E-state index in [0.29, 0.717) is 42.4 Å². The van der Waals surface area contributed by atoms with E-state index in [1.165, 1.54) is 5.01 Å². The Labute approximate surface area is 229 Å². The zero-order valence-corrected chi connectivity index (χ0v) is 23.0. The molecular formula is C29H33N3O6S. The maximum Gasteiger partial charge on any atom is 0.253 e. The van der Waals surface area contributed by atoms with Crippen LogP contribution < -0.4 is 14.5 Å². The maximum atomic E-state index is 13.6. The van der Waals surface area contributed by atoms with Crippen LogP contribution in [-0.4, -0.2) is 68.7 Å². The number of benzene rings is 2. The van der Waals surface area contributed by atoms with E-state index in [4.69, 9.17) is 14.6 Å². The van der Waals surface area contributed by atoms with E-state index in [2.05, 4.69) is 6.08 Å². The SMILES string of the molecule is CCOc1ccc(C2=NN(c3ccc(C(=O)N4CCS(=O)(=O)CC4)cc3)C(=O)C3CC=CCC23)cc1OCC. The second-order valence-electron chi connectivity index (χ2n) is 9.81. The molecule has 39 heavy (non-hydrogen) atoms. The fourth-order valence-electron chi connectivity index (χ4n) is 5.29. The number of nitrogens with zero attached hydrogens (tertiary/aromatic N) is 3. The minimum atomic E-state index is -3.08. The average Bonchev–Trinajstić information content (AvgIpc) is 2.94. The number of hydrazone groups is 1. The Morgan fingerprint density at radius 3 is 2.23 bits per heavy atom. The van der Waals surface area contributed by atoms with Gasteiger partial charge in [-0.25, -0.2) is 13.4 Å². The molecule has 1 fully saturated rings. The minimum Gasteiger partial charge on any atom is -0.490 e. The summed E-state index contributed by atoms with van der Waals surface area (Å²) in [7, 11) is -3.08. The summed E-state index contributed by atoms with van der Waals surface area (Å²) in [6.45, 7) is 5.23. The quantitative estimate of drug-likeness (QED) is 0.486. The van der Waals surface area contributed by atoms with Crippen molar-refractivity contribution in [2.45, 2.75) is 26.7 Å². The Morgan fingerprint density at radius 1 is 0.923 bits per heavy atom. The van der Waals surface area contributed by atoms with Crippen LogP contribution in [0.15, 0.2) is 59.7 Å². The topological polar surface area (TPSA) is 106 Å². The number of hydrogen-bond acceptors (Lipinski definition) is 7. The van der Waals surface area contributed by atoms with Gasteiger partial charge in [0.1, 0.15) is 0 Å². The minimum absolute atomic E-state index is 0.0237. The van der Waals surface area contributed by atoms with E-state index in [0.717, 1.165) is 17.7 Å². The van der Waals surface area contributed by atoms with Gasteiger partial charge >= 0.3 is 0 Å². The number of rotatable bonds is 7.